The van der Waals surface area contributed by atoms with E-state index < -0.39 is 5.97 Å². The maximum atomic E-state index is 9.54. The molecule has 11 heavy (non-hydrogen) atoms. The molecule has 0 aromatic heterocycles. The predicted molar refractivity (Wildman–Crippen MR) is 43.1 cm³/mol. The van der Waals surface area contributed by atoms with Crippen LogP contribution in [0.4, 0.5) is 0 Å². The summed E-state index contributed by atoms with van der Waals surface area (Å²) in [6.07, 6.45) is 2.29. The maximum Gasteiger partial charge on any atom is 0.303 e. The smallest absolute Gasteiger partial charge is 0.303 e. The number of allylic oxidation sites excluding steroid dienone is 2. The monoisotopic (exact) mass is 157 g/mol. The van der Waals surface area contributed by atoms with Gasteiger partial charge in [0.15, 0.2) is 0 Å². The Morgan fingerprint density at radius 1 is 1.55 bits per heavy atom. The Morgan fingerprint density at radius 2 is 1.91 bits per heavy atom. The third-order valence-corrected chi connectivity index (χ3v) is 0.615. The topological polar surface area (TPSA) is 54.4 Å². The van der Waals surface area contributed by atoms with Gasteiger partial charge < -0.3 is 5.11 Å². The van der Waals surface area contributed by atoms with E-state index >= 15 is 0 Å². The Bertz CT molecular complexity index is 143. The van der Waals surface area contributed by atoms with Crippen LogP contribution in [0.25, 0.3) is 0 Å². The summed E-state index contributed by atoms with van der Waals surface area (Å²) >= 11 is 0. The Labute approximate surface area is 66.7 Å². The van der Waals surface area contributed by atoms with Crippen LogP contribution in [0.1, 0.15) is 20.3 Å². The first kappa shape index (κ1) is 12.5. The van der Waals surface area contributed by atoms with E-state index in [-0.39, 0.29) is 6.42 Å². The molecule has 0 saturated carbocycles. The van der Waals surface area contributed by atoms with E-state index in [0.717, 1.165) is 11.9 Å². The highest BCUT2D eigenvalue weighted by Crippen LogP contribution is 1.81. The van der Waals surface area contributed by atoms with Crippen molar-refractivity contribution in [1.29, 1.82) is 0 Å². The summed E-state index contributed by atoms with van der Waals surface area (Å²) in [5.41, 5.74) is 1.05. The average molecular weight is 157 g/mol. The van der Waals surface area contributed by atoms with Gasteiger partial charge in [0, 0.05) is 6.42 Å². The van der Waals surface area contributed by atoms with Gasteiger partial charge in [-0.2, -0.15) is 0 Å². The molecule has 0 rings (SSSR count). The molecule has 0 aliphatic heterocycles. The van der Waals surface area contributed by atoms with Crippen LogP contribution in [-0.4, -0.2) is 17.4 Å². The molecule has 63 valence electrons. The van der Waals surface area contributed by atoms with Crippen molar-refractivity contribution in [2.75, 3.05) is 0 Å². The van der Waals surface area contributed by atoms with Gasteiger partial charge in [-0.1, -0.05) is 5.57 Å². The summed E-state index contributed by atoms with van der Waals surface area (Å²) in [5, 5.41) is 7.66. The molecule has 3 heteroatoms. The van der Waals surface area contributed by atoms with E-state index in [2.05, 4.69) is 6.92 Å². The summed E-state index contributed by atoms with van der Waals surface area (Å²) in [5.74, 6) is -0.856. The minimum Gasteiger partial charge on any atom is -0.481 e. The number of hydrogen-bond acceptors (Lipinski definition) is 2. The SMILES string of the molecule is CC(C)=CC=O.[CH2]CC(=O)O. The van der Waals surface area contributed by atoms with Crippen LogP contribution in [0.3, 0.4) is 0 Å². The quantitative estimate of drug-likeness (QED) is 0.487. The van der Waals surface area contributed by atoms with Gasteiger partial charge in [-0.25, -0.2) is 0 Å². The second kappa shape index (κ2) is 8.88. The molecule has 3 nitrogen and oxygen atoms in total. The highest BCUT2D eigenvalue weighted by Gasteiger charge is 1.81. The molecule has 1 N–H and O–H groups in total. The van der Waals surface area contributed by atoms with Gasteiger partial charge in [0.25, 0.3) is 0 Å². The summed E-state index contributed by atoms with van der Waals surface area (Å²) < 4.78 is 0. The molecule has 0 saturated heterocycles. The minimum atomic E-state index is -0.856. The number of carbonyl (C=O) groups is 2. The zero-order chi connectivity index (χ0) is 9.28. The van der Waals surface area contributed by atoms with E-state index in [1.54, 1.807) is 0 Å². The van der Waals surface area contributed by atoms with Crippen molar-refractivity contribution >= 4 is 12.3 Å². The van der Waals surface area contributed by atoms with Crippen LogP contribution in [-0.2, 0) is 9.59 Å². The molecule has 0 aromatic rings. The zero-order valence-electron chi connectivity index (χ0n) is 6.83. The van der Waals surface area contributed by atoms with Crippen molar-refractivity contribution in [3.05, 3.63) is 18.6 Å². The van der Waals surface area contributed by atoms with Gasteiger partial charge in [0.1, 0.15) is 6.29 Å². The molecule has 1 radical (unpaired) electrons. The number of carboxylic acids is 1. The van der Waals surface area contributed by atoms with Crippen molar-refractivity contribution in [3.63, 3.8) is 0 Å². The summed E-state index contributed by atoms with van der Waals surface area (Å²) in [7, 11) is 0. The number of hydrogen-bond donors (Lipinski definition) is 1. The normalized spacial score (nSPS) is 7.18. The first-order valence-electron chi connectivity index (χ1n) is 3.14. The molecule has 0 bridgehead atoms. The van der Waals surface area contributed by atoms with Crippen molar-refractivity contribution < 1.29 is 14.7 Å². The minimum absolute atomic E-state index is 0.0278. The number of carbonyl (C=O) groups excluding carboxylic acids is 1. The molecular weight excluding hydrogens is 144 g/mol. The van der Waals surface area contributed by atoms with Crippen LogP contribution < -0.4 is 0 Å². The first-order chi connectivity index (χ1) is 5.04. The predicted octanol–water partition coefficient (Wildman–Crippen LogP) is 1.45. The van der Waals surface area contributed by atoms with Crippen molar-refractivity contribution in [3.8, 4) is 0 Å². The lowest BCUT2D eigenvalue weighted by Gasteiger charge is -1.73. The average Bonchev–Trinajstić information content (AvgIpc) is 1.89. The summed E-state index contributed by atoms with van der Waals surface area (Å²) in [6, 6.07) is 0. The molecule has 0 atom stereocenters. The molecule has 0 aromatic carbocycles. The fraction of sp³-hybridized carbons (Fsp3) is 0.375. The third-order valence-electron chi connectivity index (χ3n) is 0.615. The second-order valence-corrected chi connectivity index (χ2v) is 2.02. The molecule has 0 aliphatic carbocycles. The Hall–Kier alpha value is -1.12. The highest BCUT2D eigenvalue weighted by atomic mass is 16.4. The molecule has 0 spiro atoms. The maximum absolute atomic E-state index is 9.54. The number of aldehydes is 1. The van der Waals surface area contributed by atoms with E-state index in [1.165, 1.54) is 6.08 Å². The summed E-state index contributed by atoms with van der Waals surface area (Å²) in [6.45, 7) is 6.85. The molecule has 0 fully saturated rings. The number of rotatable bonds is 2. The fourth-order valence-corrected chi connectivity index (χ4v) is 0.136. The van der Waals surface area contributed by atoms with Crippen molar-refractivity contribution in [1.82, 2.24) is 0 Å². The lowest BCUT2D eigenvalue weighted by atomic mass is 10.3. The Kier molecular flexibility index (Phi) is 10.1. The third kappa shape index (κ3) is 27.9. The van der Waals surface area contributed by atoms with E-state index in [9.17, 15) is 9.59 Å². The molecular formula is C8H13O3. The molecule has 0 amide bonds. The van der Waals surface area contributed by atoms with Gasteiger partial charge in [0.2, 0.25) is 0 Å². The van der Waals surface area contributed by atoms with Gasteiger partial charge in [0.05, 0.1) is 0 Å². The van der Waals surface area contributed by atoms with Gasteiger partial charge in [-0.05, 0) is 26.8 Å². The lowest BCUT2D eigenvalue weighted by molar-refractivity contribution is -0.136. The molecule has 0 aliphatic rings. The van der Waals surface area contributed by atoms with Crippen molar-refractivity contribution in [2.24, 2.45) is 0 Å². The van der Waals surface area contributed by atoms with Crippen LogP contribution in [0.15, 0.2) is 11.6 Å². The molecule has 0 unspecified atom stereocenters. The van der Waals surface area contributed by atoms with Crippen LogP contribution >= 0.6 is 0 Å². The number of aliphatic carboxylic acids is 1. The van der Waals surface area contributed by atoms with Gasteiger partial charge >= 0.3 is 5.97 Å². The zero-order valence-corrected chi connectivity index (χ0v) is 6.83. The number of carboxylic acid groups (broad SMARTS) is 1. The van der Waals surface area contributed by atoms with Crippen LogP contribution in [0, 0.1) is 6.92 Å². The standard InChI is InChI=1S/C5H8O.C3H5O2/c1-5(2)3-4-6;1-2-3(4)5/h3-4H,1-2H3;1-2H2,(H,4,5). The van der Waals surface area contributed by atoms with E-state index in [1.807, 2.05) is 13.8 Å². The fourth-order valence-electron chi connectivity index (χ4n) is 0.136. The molecule has 0 heterocycles. The lowest BCUT2D eigenvalue weighted by Crippen LogP contribution is -1.87. The van der Waals surface area contributed by atoms with Crippen LogP contribution in [0.2, 0.25) is 0 Å². The van der Waals surface area contributed by atoms with Gasteiger partial charge in [-0.15, -0.1) is 0 Å². The van der Waals surface area contributed by atoms with E-state index in [4.69, 9.17) is 5.11 Å². The first-order valence-corrected chi connectivity index (χ1v) is 3.14. The Balaban J connectivity index is 0. The van der Waals surface area contributed by atoms with Gasteiger partial charge in [-0.3, -0.25) is 9.59 Å². The highest BCUT2D eigenvalue weighted by molar-refractivity contribution is 5.67. The Morgan fingerprint density at radius 3 is 1.91 bits per heavy atom. The van der Waals surface area contributed by atoms with Crippen molar-refractivity contribution in [2.45, 2.75) is 20.3 Å². The summed E-state index contributed by atoms with van der Waals surface area (Å²) in [4.78, 5) is 18.8. The van der Waals surface area contributed by atoms with Crippen LogP contribution in [0.5, 0.6) is 0 Å². The second-order valence-electron chi connectivity index (χ2n) is 2.02. The van der Waals surface area contributed by atoms with E-state index in [0.29, 0.717) is 0 Å². The largest absolute Gasteiger partial charge is 0.481 e.